The lowest BCUT2D eigenvalue weighted by molar-refractivity contribution is -0.134. The first-order valence-corrected chi connectivity index (χ1v) is 9.08. The van der Waals surface area contributed by atoms with Gasteiger partial charge in [0.1, 0.15) is 12.1 Å². The number of hydrogen-bond donors (Lipinski definition) is 2. The van der Waals surface area contributed by atoms with Gasteiger partial charge >= 0.3 is 6.03 Å². The van der Waals surface area contributed by atoms with Gasteiger partial charge in [-0.1, -0.05) is 56.3 Å². The minimum atomic E-state index is -1.12. The number of hydrogen-bond acceptors (Lipinski definition) is 3. The molecule has 0 aromatic heterocycles. The van der Waals surface area contributed by atoms with Gasteiger partial charge in [0.25, 0.3) is 5.91 Å². The molecule has 4 amide bonds. The van der Waals surface area contributed by atoms with Crippen molar-refractivity contribution in [1.29, 1.82) is 0 Å². The van der Waals surface area contributed by atoms with Gasteiger partial charge in [0.05, 0.1) is 0 Å². The van der Waals surface area contributed by atoms with E-state index in [2.05, 4.69) is 10.6 Å². The Balaban J connectivity index is 1.76. The topological polar surface area (TPSA) is 78.5 Å². The Labute approximate surface area is 158 Å². The number of aryl methyl sites for hydroxylation is 1. The zero-order valence-electron chi connectivity index (χ0n) is 15.5. The summed E-state index contributed by atoms with van der Waals surface area (Å²) in [6.45, 7) is 3.54. The van der Waals surface area contributed by atoms with E-state index in [1.807, 2.05) is 62.4 Å². The Morgan fingerprint density at radius 1 is 1.07 bits per heavy atom. The van der Waals surface area contributed by atoms with Crippen molar-refractivity contribution in [3.05, 3.63) is 65.7 Å². The number of nitrogens with zero attached hydrogens (tertiary/aromatic N) is 1. The van der Waals surface area contributed by atoms with E-state index in [1.165, 1.54) is 0 Å². The monoisotopic (exact) mass is 365 g/mol. The van der Waals surface area contributed by atoms with E-state index in [1.54, 1.807) is 6.07 Å². The maximum atomic E-state index is 13.0. The largest absolute Gasteiger partial charge is 0.325 e. The van der Waals surface area contributed by atoms with Gasteiger partial charge in [-0.3, -0.25) is 14.5 Å². The second-order valence-electron chi connectivity index (χ2n) is 6.55. The molecule has 0 spiro atoms. The molecule has 140 valence electrons. The summed E-state index contributed by atoms with van der Waals surface area (Å²) in [5, 5.41) is 5.54. The van der Waals surface area contributed by atoms with E-state index in [4.69, 9.17) is 0 Å². The Morgan fingerprint density at radius 2 is 1.81 bits per heavy atom. The first-order chi connectivity index (χ1) is 13.0. The van der Waals surface area contributed by atoms with E-state index in [0.717, 1.165) is 16.9 Å². The highest BCUT2D eigenvalue weighted by molar-refractivity contribution is 6.10. The zero-order valence-corrected chi connectivity index (χ0v) is 15.5. The van der Waals surface area contributed by atoms with Crippen molar-refractivity contribution in [3.8, 4) is 0 Å². The van der Waals surface area contributed by atoms with Crippen molar-refractivity contribution in [1.82, 2.24) is 10.2 Å². The minimum Gasteiger partial charge on any atom is -0.325 e. The highest BCUT2D eigenvalue weighted by atomic mass is 16.2. The predicted molar refractivity (Wildman–Crippen MR) is 103 cm³/mol. The van der Waals surface area contributed by atoms with Crippen molar-refractivity contribution >= 4 is 23.5 Å². The Kier molecular flexibility index (Phi) is 5.26. The molecule has 1 heterocycles. The molecular formula is C21H23N3O3. The summed E-state index contributed by atoms with van der Waals surface area (Å²) in [4.78, 5) is 38.8. The van der Waals surface area contributed by atoms with Crippen LogP contribution in [0.3, 0.4) is 0 Å². The van der Waals surface area contributed by atoms with Crippen molar-refractivity contribution < 1.29 is 14.4 Å². The summed E-state index contributed by atoms with van der Waals surface area (Å²) in [5.74, 6) is -0.814. The third-order valence-corrected chi connectivity index (χ3v) is 4.89. The van der Waals surface area contributed by atoms with Gasteiger partial charge in [-0.05, 0) is 36.1 Å². The standard InChI is InChI=1S/C21H23N3O3/c1-3-15-9-8-12-17(13-15)22-18(25)14-24-19(26)21(4-2,23-20(24)27)16-10-6-5-7-11-16/h5-13H,3-4,14H2,1-2H3,(H,22,25)(H,23,27)/t21-/m1/s1. The number of carbonyl (C=O) groups excluding carboxylic acids is 3. The van der Waals surface area contributed by atoms with Crippen LogP contribution in [0, 0.1) is 0 Å². The number of urea groups is 1. The number of anilines is 1. The summed E-state index contributed by atoms with van der Waals surface area (Å²) < 4.78 is 0. The molecule has 0 saturated carbocycles. The molecule has 0 aliphatic carbocycles. The van der Waals surface area contributed by atoms with Crippen LogP contribution in [-0.4, -0.2) is 29.3 Å². The first kappa shape index (κ1) is 18.6. The second-order valence-corrected chi connectivity index (χ2v) is 6.55. The second kappa shape index (κ2) is 7.61. The van der Waals surface area contributed by atoms with Gasteiger partial charge in [-0.2, -0.15) is 0 Å². The summed E-state index contributed by atoms with van der Waals surface area (Å²) in [6, 6.07) is 16.1. The lowest BCUT2D eigenvalue weighted by Gasteiger charge is -2.25. The lowest BCUT2D eigenvalue weighted by atomic mass is 9.87. The average molecular weight is 365 g/mol. The van der Waals surface area contributed by atoms with E-state index in [0.29, 0.717) is 17.7 Å². The third-order valence-electron chi connectivity index (χ3n) is 4.89. The number of imide groups is 1. The molecule has 2 aromatic carbocycles. The van der Waals surface area contributed by atoms with Crippen LogP contribution in [0.25, 0.3) is 0 Å². The van der Waals surface area contributed by atoms with Gasteiger partial charge in [-0.25, -0.2) is 4.79 Å². The maximum absolute atomic E-state index is 13.0. The Hall–Kier alpha value is -3.15. The molecule has 0 radical (unpaired) electrons. The van der Waals surface area contributed by atoms with Crippen LogP contribution in [-0.2, 0) is 21.5 Å². The van der Waals surface area contributed by atoms with Crippen LogP contribution >= 0.6 is 0 Å². The summed E-state index contributed by atoms with van der Waals surface area (Å²) in [7, 11) is 0. The number of carbonyl (C=O) groups is 3. The van der Waals surface area contributed by atoms with Gasteiger partial charge in [-0.15, -0.1) is 0 Å². The van der Waals surface area contributed by atoms with Crippen molar-refractivity contribution in [2.24, 2.45) is 0 Å². The molecule has 3 rings (SSSR count). The van der Waals surface area contributed by atoms with E-state index in [-0.39, 0.29) is 6.54 Å². The fourth-order valence-corrected chi connectivity index (χ4v) is 3.34. The van der Waals surface area contributed by atoms with Gasteiger partial charge in [0.2, 0.25) is 5.91 Å². The molecule has 1 atom stereocenters. The number of benzene rings is 2. The van der Waals surface area contributed by atoms with Gasteiger partial charge in [0.15, 0.2) is 0 Å². The lowest BCUT2D eigenvalue weighted by Crippen LogP contribution is -2.44. The van der Waals surface area contributed by atoms with Crippen LogP contribution in [0.15, 0.2) is 54.6 Å². The molecule has 2 N–H and O–H groups in total. The van der Waals surface area contributed by atoms with Gasteiger partial charge in [0, 0.05) is 5.69 Å². The summed E-state index contributed by atoms with van der Waals surface area (Å²) in [5.41, 5.74) is 1.33. The highest BCUT2D eigenvalue weighted by Crippen LogP contribution is 2.32. The maximum Gasteiger partial charge on any atom is 0.325 e. The molecule has 1 aliphatic heterocycles. The highest BCUT2D eigenvalue weighted by Gasteiger charge is 2.51. The molecule has 6 heteroatoms. The number of nitrogens with one attached hydrogen (secondary N) is 2. The Morgan fingerprint density at radius 3 is 2.48 bits per heavy atom. The Bertz CT molecular complexity index is 866. The molecule has 2 aromatic rings. The van der Waals surface area contributed by atoms with Crippen LogP contribution in [0.2, 0.25) is 0 Å². The predicted octanol–water partition coefficient (Wildman–Crippen LogP) is 3.04. The van der Waals surface area contributed by atoms with E-state index in [9.17, 15) is 14.4 Å². The third kappa shape index (κ3) is 3.56. The van der Waals surface area contributed by atoms with E-state index < -0.39 is 23.4 Å². The van der Waals surface area contributed by atoms with Crippen LogP contribution in [0.1, 0.15) is 31.4 Å². The van der Waals surface area contributed by atoms with E-state index >= 15 is 0 Å². The van der Waals surface area contributed by atoms with Crippen LogP contribution < -0.4 is 10.6 Å². The van der Waals surface area contributed by atoms with Crippen LogP contribution in [0.4, 0.5) is 10.5 Å². The molecule has 1 saturated heterocycles. The molecule has 27 heavy (non-hydrogen) atoms. The number of amides is 4. The summed E-state index contributed by atoms with van der Waals surface area (Å²) >= 11 is 0. The summed E-state index contributed by atoms with van der Waals surface area (Å²) in [6.07, 6.45) is 1.26. The molecular weight excluding hydrogens is 342 g/mol. The molecule has 6 nitrogen and oxygen atoms in total. The first-order valence-electron chi connectivity index (χ1n) is 9.08. The fraction of sp³-hybridized carbons (Fsp3) is 0.286. The van der Waals surface area contributed by atoms with Crippen molar-refractivity contribution in [2.75, 3.05) is 11.9 Å². The smallest absolute Gasteiger partial charge is 0.325 e. The minimum absolute atomic E-state index is 0.324. The quantitative estimate of drug-likeness (QED) is 0.773. The van der Waals surface area contributed by atoms with Crippen molar-refractivity contribution in [3.63, 3.8) is 0 Å². The fourth-order valence-electron chi connectivity index (χ4n) is 3.34. The zero-order chi connectivity index (χ0) is 19.4. The molecule has 0 unspecified atom stereocenters. The van der Waals surface area contributed by atoms with Crippen LogP contribution in [0.5, 0.6) is 0 Å². The SMILES string of the molecule is CCc1cccc(NC(=O)CN2C(=O)N[C@](CC)(c3ccccc3)C2=O)c1. The van der Waals surface area contributed by atoms with Gasteiger partial charge < -0.3 is 10.6 Å². The average Bonchev–Trinajstić information content (AvgIpc) is 2.94. The molecule has 0 bridgehead atoms. The van der Waals surface area contributed by atoms with Crippen molar-refractivity contribution in [2.45, 2.75) is 32.2 Å². The normalized spacial score (nSPS) is 19.1. The molecule has 1 aliphatic rings. The molecule has 1 fully saturated rings. The number of rotatable bonds is 6.